The minimum atomic E-state index is -0.446. The van der Waals surface area contributed by atoms with Crippen LogP contribution in [0.5, 0.6) is 5.75 Å². The number of nitriles is 1. The van der Waals surface area contributed by atoms with Gasteiger partial charge in [0.05, 0.1) is 17.6 Å². The number of rotatable bonds is 8. The molecule has 1 aromatic rings. The Labute approximate surface area is 118 Å². The van der Waals surface area contributed by atoms with Gasteiger partial charge in [-0.2, -0.15) is 5.26 Å². The molecule has 0 heterocycles. The minimum absolute atomic E-state index is 0.0370. The summed E-state index contributed by atoms with van der Waals surface area (Å²) < 4.78 is 5.37. The highest BCUT2D eigenvalue weighted by molar-refractivity contribution is 5.48. The summed E-state index contributed by atoms with van der Waals surface area (Å²) in [5.74, 6) is 0.251. The molecule has 0 atom stereocenters. The van der Waals surface area contributed by atoms with Crippen LogP contribution in [-0.4, -0.2) is 17.6 Å². The normalized spacial score (nSPS) is 10.3. The Morgan fingerprint density at radius 1 is 1.50 bits per heavy atom. The fourth-order valence-electron chi connectivity index (χ4n) is 1.59. The van der Waals surface area contributed by atoms with E-state index in [9.17, 15) is 10.1 Å². The summed E-state index contributed by atoms with van der Waals surface area (Å²) in [6.07, 6.45) is 0.939. The van der Waals surface area contributed by atoms with Gasteiger partial charge in [0.25, 0.3) is 0 Å². The van der Waals surface area contributed by atoms with Crippen molar-refractivity contribution in [2.75, 3.05) is 6.61 Å². The Morgan fingerprint density at radius 3 is 2.85 bits per heavy atom. The fourth-order valence-corrected chi connectivity index (χ4v) is 1.59. The van der Waals surface area contributed by atoms with E-state index in [4.69, 9.17) is 10.00 Å². The van der Waals surface area contributed by atoms with E-state index in [1.807, 2.05) is 26.0 Å². The van der Waals surface area contributed by atoms with Gasteiger partial charge in [0.1, 0.15) is 0 Å². The van der Waals surface area contributed by atoms with Gasteiger partial charge < -0.3 is 10.1 Å². The van der Waals surface area contributed by atoms with Crippen LogP contribution in [0.2, 0.25) is 0 Å². The first-order chi connectivity index (χ1) is 9.54. The van der Waals surface area contributed by atoms with Gasteiger partial charge >= 0.3 is 5.69 Å². The number of hydrogen-bond donors (Lipinski definition) is 1. The number of hydrogen-bond acceptors (Lipinski definition) is 5. The molecule has 0 bridgehead atoms. The maximum Gasteiger partial charge on any atom is 0.311 e. The van der Waals surface area contributed by atoms with Crippen molar-refractivity contribution in [3.05, 3.63) is 33.9 Å². The number of ether oxygens (including phenoxy) is 1. The fraction of sp³-hybridized carbons (Fsp3) is 0.500. The summed E-state index contributed by atoms with van der Waals surface area (Å²) in [5.41, 5.74) is 0.805. The lowest BCUT2D eigenvalue weighted by atomic mass is 10.1. The predicted molar refractivity (Wildman–Crippen MR) is 75.4 cm³/mol. The van der Waals surface area contributed by atoms with Crippen LogP contribution in [0.15, 0.2) is 18.2 Å². The van der Waals surface area contributed by atoms with E-state index in [2.05, 4.69) is 5.32 Å². The molecule has 1 N–H and O–H groups in total. The first kappa shape index (κ1) is 15.9. The third-order valence-electron chi connectivity index (χ3n) is 2.62. The molecule has 6 nitrogen and oxygen atoms in total. The zero-order chi connectivity index (χ0) is 15.0. The lowest BCUT2D eigenvalue weighted by molar-refractivity contribution is -0.385. The first-order valence-electron chi connectivity index (χ1n) is 6.55. The lowest BCUT2D eigenvalue weighted by Gasteiger charge is -2.10. The van der Waals surface area contributed by atoms with Crippen LogP contribution in [0.25, 0.3) is 0 Å². The SMILES string of the molecule is CC(C)NCc1ccc(OCCCC#N)c([N+](=O)[O-])c1. The van der Waals surface area contributed by atoms with Crippen molar-refractivity contribution in [3.63, 3.8) is 0 Å². The molecule has 0 amide bonds. The van der Waals surface area contributed by atoms with E-state index >= 15 is 0 Å². The van der Waals surface area contributed by atoms with Crippen LogP contribution < -0.4 is 10.1 Å². The van der Waals surface area contributed by atoms with Gasteiger partial charge in [-0.15, -0.1) is 0 Å². The van der Waals surface area contributed by atoms with E-state index in [-0.39, 0.29) is 11.4 Å². The van der Waals surface area contributed by atoms with Crippen LogP contribution in [-0.2, 0) is 6.54 Å². The Balaban J connectivity index is 2.74. The Hall–Kier alpha value is -2.13. The average molecular weight is 277 g/mol. The number of nitrogens with one attached hydrogen (secondary N) is 1. The molecule has 1 aromatic carbocycles. The second-order valence-corrected chi connectivity index (χ2v) is 4.70. The summed E-state index contributed by atoms with van der Waals surface area (Å²) >= 11 is 0. The number of benzene rings is 1. The number of nitrogens with zero attached hydrogens (tertiary/aromatic N) is 2. The topological polar surface area (TPSA) is 88.2 Å². The van der Waals surface area contributed by atoms with Crippen molar-refractivity contribution in [3.8, 4) is 11.8 Å². The van der Waals surface area contributed by atoms with E-state index in [0.717, 1.165) is 5.56 Å². The zero-order valence-corrected chi connectivity index (χ0v) is 11.8. The number of nitro benzene ring substituents is 1. The van der Waals surface area contributed by atoms with Crippen molar-refractivity contribution in [1.29, 1.82) is 5.26 Å². The largest absolute Gasteiger partial charge is 0.487 e. The van der Waals surface area contributed by atoms with E-state index in [1.165, 1.54) is 6.07 Å². The molecule has 0 aliphatic heterocycles. The Morgan fingerprint density at radius 2 is 2.25 bits per heavy atom. The molecule has 0 aromatic heterocycles. The van der Waals surface area contributed by atoms with Crippen LogP contribution in [0.1, 0.15) is 32.3 Å². The predicted octanol–water partition coefficient (Wildman–Crippen LogP) is 2.78. The maximum absolute atomic E-state index is 11.1. The van der Waals surface area contributed by atoms with E-state index in [1.54, 1.807) is 6.07 Å². The maximum atomic E-state index is 11.1. The molecular formula is C14H19N3O3. The van der Waals surface area contributed by atoms with Crippen molar-refractivity contribution >= 4 is 5.69 Å². The zero-order valence-electron chi connectivity index (χ0n) is 11.8. The minimum Gasteiger partial charge on any atom is -0.487 e. The van der Waals surface area contributed by atoms with Gasteiger partial charge in [-0.3, -0.25) is 10.1 Å². The highest BCUT2D eigenvalue weighted by atomic mass is 16.6. The van der Waals surface area contributed by atoms with Gasteiger partial charge in [-0.05, 0) is 18.1 Å². The van der Waals surface area contributed by atoms with E-state index < -0.39 is 4.92 Å². The second kappa shape index (κ2) is 8.12. The molecule has 20 heavy (non-hydrogen) atoms. The molecule has 0 radical (unpaired) electrons. The molecule has 0 unspecified atom stereocenters. The highest BCUT2D eigenvalue weighted by Crippen LogP contribution is 2.28. The van der Waals surface area contributed by atoms with Crippen molar-refractivity contribution in [2.45, 2.75) is 39.3 Å². The molecule has 0 aliphatic carbocycles. The molecule has 108 valence electrons. The van der Waals surface area contributed by atoms with Crippen molar-refractivity contribution < 1.29 is 9.66 Å². The molecule has 0 saturated heterocycles. The van der Waals surface area contributed by atoms with Gasteiger partial charge in [-0.25, -0.2) is 0 Å². The summed E-state index contributed by atoms with van der Waals surface area (Å²) in [4.78, 5) is 10.6. The molecule has 6 heteroatoms. The van der Waals surface area contributed by atoms with Crippen LogP contribution in [0.3, 0.4) is 0 Å². The van der Waals surface area contributed by atoms with Gasteiger partial charge in [0, 0.05) is 25.1 Å². The molecular weight excluding hydrogens is 258 g/mol. The Kier molecular flexibility index (Phi) is 6.47. The summed E-state index contributed by atoms with van der Waals surface area (Å²) in [5, 5.41) is 22.7. The summed E-state index contributed by atoms with van der Waals surface area (Å²) in [6.45, 7) is 4.91. The molecule has 0 spiro atoms. The highest BCUT2D eigenvalue weighted by Gasteiger charge is 2.16. The summed E-state index contributed by atoms with van der Waals surface area (Å²) in [6, 6.07) is 7.26. The molecule has 0 fully saturated rings. The van der Waals surface area contributed by atoms with E-state index in [0.29, 0.717) is 32.0 Å². The third kappa shape index (κ3) is 5.24. The molecule has 0 saturated carbocycles. The second-order valence-electron chi connectivity index (χ2n) is 4.70. The molecule has 0 aliphatic rings. The van der Waals surface area contributed by atoms with Gasteiger partial charge in [0.15, 0.2) is 5.75 Å². The van der Waals surface area contributed by atoms with Crippen LogP contribution >= 0.6 is 0 Å². The Bertz CT molecular complexity index is 495. The number of unbranched alkanes of at least 4 members (excludes halogenated alkanes) is 1. The van der Waals surface area contributed by atoms with Crippen LogP contribution in [0.4, 0.5) is 5.69 Å². The van der Waals surface area contributed by atoms with Crippen LogP contribution in [0, 0.1) is 21.4 Å². The third-order valence-corrected chi connectivity index (χ3v) is 2.62. The summed E-state index contributed by atoms with van der Waals surface area (Å²) in [7, 11) is 0. The van der Waals surface area contributed by atoms with Crippen molar-refractivity contribution in [2.24, 2.45) is 0 Å². The average Bonchev–Trinajstić information content (AvgIpc) is 2.41. The standard InChI is InChI=1S/C14H19N3O3/c1-11(2)16-10-12-5-6-14(13(9-12)17(18)19)20-8-4-3-7-15/h5-6,9,11,16H,3-4,8,10H2,1-2H3. The van der Waals surface area contributed by atoms with Crippen molar-refractivity contribution in [1.82, 2.24) is 5.32 Å². The smallest absolute Gasteiger partial charge is 0.311 e. The monoisotopic (exact) mass is 277 g/mol. The van der Waals surface area contributed by atoms with Gasteiger partial charge in [0.2, 0.25) is 0 Å². The molecule has 1 rings (SSSR count). The van der Waals surface area contributed by atoms with Gasteiger partial charge in [-0.1, -0.05) is 19.9 Å². The number of nitro groups is 1. The quantitative estimate of drug-likeness (QED) is 0.448. The lowest BCUT2D eigenvalue weighted by Crippen LogP contribution is -2.21. The first-order valence-corrected chi connectivity index (χ1v) is 6.55.